The normalized spacial score (nSPS) is 29.2. The van der Waals surface area contributed by atoms with Crippen molar-refractivity contribution in [1.82, 2.24) is 10.2 Å². The summed E-state index contributed by atoms with van der Waals surface area (Å²) in [7, 11) is 0. The highest BCUT2D eigenvalue weighted by Gasteiger charge is 2.29. The number of rotatable bonds is 6. The summed E-state index contributed by atoms with van der Waals surface area (Å²) in [5.41, 5.74) is 0. The Hall–Kier alpha value is -0.120. The number of nitrogens with one attached hydrogen (secondary N) is 1. The maximum Gasteiger partial charge on any atom is 0.0674 e. The molecule has 0 aromatic heterocycles. The Morgan fingerprint density at radius 1 is 1.38 bits per heavy atom. The monoisotopic (exact) mass is 228 g/mol. The lowest BCUT2D eigenvalue weighted by Gasteiger charge is -2.43. The van der Waals surface area contributed by atoms with Crippen LogP contribution in [0.25, 0.3) is 0 Å². The largest absolute Gasteiger partial charge is 0.376 e. The molecule has 1 aliphatic rings. The van der Waals surface area contributed by atoms with Crippen LogP contribution >= 0.6 is 0 Å². The molecule has 1 N–H and O–H groups in total. The van der Waals surface area contributed by atoms with Gasteiger partial charge >= 0.3 is 0 Å². The Balaban J connectivity index is 2.55. The first kappa shape index (κ1) is 13.9. The number of hydrogen-bond donors (Lipinski definition) is 1. The molecule has 0 bridgehead atoms. The summed E-state index contributed by atoms with van der Waals surface area (Å²) in [4.78, 5) is 2.65. The molecule has 3 nitrogen and oxygen atoms in total. The molecule has 1 heterocycles. The molecule has 3 heteroatoms. The molecule has 0 saturated carbocycles. The van der Waals surface area contributed by atoms with Gasteiger partial charge in [-0.05, 0) is 26.3 Å². The van der Waals surface area contributed by atoms with E-state index in [9.17, 15) is 0 Å². The van der Waals surface area contributed by atoms with E-state index in [1.54, 1.807) is 0 Å². The molecule has 96 valence electrons. The second-order valence-corrected chi connectivity index (χ2v) is 4.77. The minimum absolute atomic E-state index is 0.387. The van der Waals surface area contributed by atoms with Crippen molar-refractivity contribution >= 4 is 0 Å². The van der Waals surface area contributed by atoms with Gasteiger partial charge in [-0.1, -0.05) is 20.8 Å². The van der Waals surface area contributed by atoms with Gasteiger partial charge in [0.2, 0.25) is 0 Å². The number of likely N-dealkylation sites (N-methyl/N-ethyl adjacent to an activating group) is 1. The van der Waals surface area contributed by atoms with Crippen molar-refractivity contribution in [2.45, 2.75) is 58.7 Å². The first-order chi connectivity index (χ1) is 7.72. The predicted molar refractivity (Wildman–Crippen MR) is 68.8 cm³/mol. The fourth-order valence-electron chi connectivity index (χ4n) is 2.48. The highest BCUT2D eigenvalue weighted by molar-refractivity contribution is 4.84. The highest BCUT2D eigenvalue weighted by atomic mass is 16.5. The van der Waals surface area contributed by atoms with Gasteiger partial charge < -0.3 is 10.1 Å². The zero-order chi connectivity index (χ0) is 12.0. The minimum atomic E-state index is 0.387. The van der Waals surface area contributed by atoms with Crippen LogP contribution in [-0.2, 0) is 4.74 Å². The van der Waals surface area contributed by atoms with Crippen molar-refractivity contribution in [3.8, 4) is 0 Å². The minimum Gasteiger partial charge on any atom is -0.376 e. The van der Waals surface area contributed by atoms with Crippen LogP contribution in [0.2, 0.25) is 0 Å². The van der Waals surface area contributed by atoms with Gasteiger partial charge in [-0.3, -0.25) is 4.90 Å². The van der Waals surface area contributed by atoms with Crippen LogP contribution in [0, 0.1) is 0 Å². The first-order valence-electron chi connectivity index (χ1n) is 6.80. The lowest BCUT2D eigenvalue weighted by molar-refractivity contribution is -0.0725. The van der Waals surface area contributed by atoms with E-state index >= 15 is 0 Å². The van der Waals surface area contributed by atoms with Crippen LogP contribution < -0.4 is 5.32 Å². The second-order valence-electron chi connectivity index (χ2n) is 4.77. The zero-order valence-electron chi connectivity index (χ0n) is 11.3. The Kier molecular flexibility index (Phi) is 6.32. The third kappa shape index (κ3) is 3.72. The Bertz CT molecular complexity index is 187. The number of nitrogens with zero attached hydrogens (tertiary/aromatic N) is 1. The summed E-state index contributed by atoms with van der Waals surface area (Å²) in [6.45, 7) is 13.1. The smallest absolute Gasteiger partial charge is 0.0674 e. The molecule has 1 fully saturated rings. The molecule has 1 saturated heterocycles. The Morgan fingerprint density at radius 3 is 2.69 bits per heavy atom. The van der Waals surface area contributed by atoms with Crippen molar-refractivity contribution in [2.75, 3.05) is 26.2 Å². The molecule has 0 aromatic carbocycles. The van der Waals surface area contributed by atoms with E-state index in [1.807, 2.05) is 0 Å². The molecule has 16 heavy (non-hydrogen) atoms. The summed E-state index contributed by atoms with van der Waals surface area (Å²) >= 11 is 0. The van der Waals surface area contributed by atoms with Gasteiger partial charge in [0.1, 0.15) is 0 Å². The fraction of sp³-hybridized carbons (Fsp3) is 1.00. The van der Waals surface area contributed by atoms with E-state index in [0.29, 0.717) is 18.2 Å². The topological polar surface area (TPSA) is 24.5 Å². The van der Waals surface area contributed by atoms with Gasteiger partial charge in [-0.2, -0.15) is 0 Å². The van der Waals surface area contributed by atoms with Crippen molar-refractivity contribution in [3.63, 3.8) is 0 Å². The van der Waals surface area contributed by atoms with Crippen LogP contribution in [0.5, 0.6) is 0 Å². The van der Waals surface area contributed by atoms with Gasteiger partial charge in [-0.15, -0.1) is 0 Å². The molecule has 3 unspecified atom stereocenters. The Labute approximate surface area is 101 Å². The van der Waals surface area contributed by atoms with Crippen molar-refractivity contribution in [2.24, 2.45) is 0 Å². The second kappa shape index (κ2) is 7.25. The van der Waals surface area contributed by atoms with Gasteiger partial charge in [0.05, 0.1) is 12.7 Å². The highest BCUT2D eigenvalue weighted by Crippen LogP contribution is 2.18. The number of ether oxygens (including phenoxy) is 1. The van der Waals surface area contributed by atoms with Crippen LogP contribution in [-0.4, -0.2) is 49.3 Å². The van der Waals surface area contributed by atoms with E-state index in [4.69, 9.17) is 4.74 Å². The zero-order valence-corrected chi connectivity index (χ0v) is 11.3. The average Bonchev–Trinajstić information content (AvgIpc) is 2.30. The number of hydrogen-bond acceptors (Lipinski definition) is 3. The number of morpholine rings is 1. The van der Waals surface area contributed by atoms with E-state index in [2.05, 4.69) is 37.9 Å². The molecule has 0 spiro atoms. The molecular weight excluding hydrogens is 200 g/mol. The third-order valence-corrected chi connectivity index (χ3v) is 3.55. The lowest BCUT2D eigenvalue weighted by Crippen LogP contribution is -2.55. The molecule has 0 aromatic rings. The van der Waals surface area contributed by atoms with Crippen molar-refractivity contribution < 1.29 is 4.74 Å². The maximum atomic E-state index is 5.75. The van der Waals surface area contributed by atoms with Gasteiger partial charge in [-0.25, -0.2) is 0 Å². The SMILES string of the molecule is CCNCC(CC)N1CC(C)OCC1CC. The van der Waals surface area contributed by atoms with E-state index in [0.717, 1.165) is 26.2 Å². The first-order valence-corrected chi connectivity index (χ1v) is 6.80. The van der Waals surface area contributed by atoms with Crippen molar-refractivity contribution in [3.05, 3.63) is 0 Å². The average molecular weight is 228 g/mol. The van der Waals surface area contributed by atoms with Gasteiger partial charge in [0.15, 0.2) is 0 Å². The van der Waals surface area contributed by atoms with Crippen LogP contribution in [0.1, 0.15) is 40.5 Å². The van der Waals surface area contributed by atoms with Gasteiger partial charge in [0, 0.05) is 25.2 Å². The van der Waals surface area contributed by atoms with Gasteiger partial charge in [0.25, 0.3) is 0 Å². The molecule has 3 atom stereocenters. The summed E-state index contributed by atoms with van der Waals surface area (Å²) in [6.07, 6.45) is 2.80. The van der Waals surface area contributed by atoms with E-state index < -0.39 is 0 Å². The quantitative estimate of drug-likeness (QED) is 0.751. The third-order valence-electron chi connectivity index (χ3n) is 3.55. The van der Waals surface area contributed by atoms with Crippen molar-refractivity contribution in [1.29, 1.82) is 0 Å². The summed E-state index contributed by atoms with van der Waals surface area (Å²) < 4.78 is 5.75. The maximum absolute atomic E-state index is 5.75. The van der Waals surface area contributed by atoms with Crippen LogP contribution in [0.3, 0.4) is 0 Å². The van der Waals surface area contributed by atoms with Crippen LogP contribution in [0.15, 0.2) is 0 Å². The molecule has 0 amide bonds. The van der Waals surface area contributed by atoms with E-state index in [-0.39, 0.29) is 0 Å². The molecule has 1 aliphatic heterocycles. The lowest BCUT2D eigenvalue weighted by atomic mass is 10.1. The molecule has 0 radical (unpaired) electrons. The molecule has 0 aliphatic carbocycles. The summed E-state index contributed by atoms with van der Waals surface area (Å²) in [5.74, 6) is 0. The van der Waals surface area contributed by atoms with Crippen LogP contribution in [0.4, 0.5) is 0 Å². The molecular formula is C13H28N2O. The predicted octanol–water partition coefficient (Wildman–Crippen LogP) is 1.87. The Morgan fingerprint density at radius 2 is 2.12 bits per heavy atom. The standard InChI is InChI=1S/C13H28N2O/c1-5-12(8-14-7-3)15-9-11(4)16-10-13(15)6-2/h11-14H,5-10H2,1-4H3. The van der Waals surface area contributed by atoms with E-state index in [1.165, 1.54) is 12.8 Å². The fourth-order valence-corrected chi connectivity index (χ4v) is 2.48. The summed E-state index contributed by atoms with van der Waals surface area (Å²) in [5, 5.41) is 3.47. The molecule has 1 rings (SSSR count). The summed E-state index contributed by atoms with van der Waals surface area (Å²) in [6, 6.07) is 1.27.